The van der Waals surface area contributed by atoms with Gasteiger partial charge in [-0.05, 0) is 6.92 Å². The van der Waals surface area contributed by atoms with E-state index in [9.17, 15) is 14.4 Å². The highest BCUT2D eigenvalue weighted by Crippen LogP contribution is 2.40. The van der Waals surface area contributed by atoms with E-state index < -0.39 is 23.5 Å². The number of rotatable bonds is 2. The molecule has 2 rings (SSSR count). The molecule has 0 bridgehead atoms. The molecule has 3 atom stereocenters. The van der Waals surface area contributed by atoms with Crippen LogP contribution in [-0.4, -0.2) is 29.3 Å². The maximum Gasteiger partial charge on any atom is 0.344 e. The van der Waals surface area contributed by atoms with Crippen LogP contribution in [0.2, 0.25) is 0 Å². The Morgan fingerprint density at radius 2 is 2.07 bits per heavy atom. The molecule has 1 amide bonds. The van der Waals surface area contributed by atoms with Crippen LogP contribution >= 0.6 is 0 Å². The van der Waals surface area contributed by atoms with Crippen LogP contribution in [-0.2, 0) is 19.1 Å². The Morgan fingerprint density at radius 3 is 2.47 bits per heavy atom. The molecule has 15 heavy (non-hydrogen) atoms. The fraction of sp³-hybridized carbons (Fsp3) is 0.700. The zero-order valence-electron chi connectivity index (χ0n) is 8.87. The number of hydrogen-bond acceptors (Lipinski definition) is 4. The Balaban J connectivity index is 2.38. The summed E-state index contributed by atoms with van der Waals surface area (Å²) in [5.74, 6) is -1.92. The molecule has 0 aromatic carbocycles. The standard InChI is InChI=1S/C10H13NO4/c1-4(2)6(12)10-7(15-9(10)14)5(3)8(13)11-10/h4-5,7H,1-3H3,(H,11,13). The summed E-state index contributed by atoms with van der Waals surface area (Å²) < 4.78 is 4.88. The number of carbonyl (C=O) groups excluding carboxylic acids is 3. The van der Waals surface area contributed by atoms with E-state index in [0.717, 1.165) is 0 Å². The number of Topliss-reactive ketones (excluding diaryl/α,β-unsaturated/α-hetero) is 1. The zero-order valence-corrected chi connectivity index (χ0v) is 8.87. The molecule has 0 radical (unpaired) electrons. The Labute approximate surface area is 87.2 Å². The van der Waals surface area contributed by atoms with Gasteiger partial charge in [0.1, 0.15) is 0 Å². The largest absolute Gasteiger partial charge is 0.456 e. The average molecular weight is 211 g/mol. The number of nitrogens with one attached hydrogen (secondary N) is 1. The van der Waals surface area contributed by atoms with Crippen LogP contribution in [0.15, 0.2) is 0 Å². The monoisotopic (exact) mass is 211 g/mol. The summed E-state index contributed by atoms with van der Waals surface area (Å²) in [5, 5.41) is 2.48. The van der Waals surface area contributed by atoms with Gasteiger partial charge < -0.3 is 10.1 Å². The number of fused-ring (bicyclic) bond motifs is 1. The topological polar surface area (TPSA) is 72.5 Å². The summed E-state index contributed by atoms with van der Waals surface area (Å²) in [6.07, 6.45) is -0.618. The average Bonchev–Trinajstić information content (AvgIpc) is 2.37. The summed E-state index contributed by atoms with van der Waals surface area (Å²) in [6.45, 7) is 5.06. The van der Waals surface area contributed by atoms with Crippen molar-refractivity contribution < 1.29 is 19.1 Å². The minimum atomic E-state index is -1.38. The third kappa shape index (κ3) is 1.00. The second-order valence-corrected chi connectivity index (χ2v) is 4.43. The summed E-state index contributed by atoms with van der Waals surface area (Å²) in [5.41, 5.74) is -1.38. The normalized spacial score (nSPS) is 38.1. The van der Waals surface area contributed by atoms with E-state index in [1.807, 2.05) is 0 Å². The number of amides is 1. The minimum absolute atomic E-state index is 0.263. The lowest BCUT2D eigenvalue weighted by atomic mass is 9.77. The summed E-state index contributed by atoms with van der Waals surface area (Å²) in [7, 11) is 0. The van der Waals surface area contributed by atoms with Crippen LogP contribution in [0, 0.1) is 11.8 Å². The Kier molecular flexibility index (Phi) is 1.90. The number of hydrogen-bond donors (Lipinski definition) is 1. The molecule has 0 aliphatic carbocycles. The van der Waals surface area contributed by atoms with Crippen molar-refractivity contribution in [1.82, 2.24) is 5.32 Å². The van der Waals surface area contributed by atoms with Crippen molar-refractivity contribution in [2.75, 3.05) is 0 Å². The maximum absolute atomic E-state index is 11.9. The van der Waals surface area contributed by atoms with E-state index in [1.165, 1.54) is 0 Å². The van der Waals surface area contributed by atoms with Crippen molar-refractivity contribution in [1.29, 1.82) is 0 Å². The first-order valence-corrected chi connectivity index (χ1v) is 4.98. The SMILES string of the molecule is CC(C)C(=O)C12NC(=O)C(C)C1OC2=O. The molecule has 5 nitrogen and oxygen atoms in total. The van der Waals surface area contributed by atoms with Gasteiger partial charge in [0.25, 0.3) is 0 Å². The highest BCUT2D eigenvalue weighted by Gasteiger charge is 2.71. The van der Waals surface area contributed by atoms with E-state index in [2.05, 4.69) is 5.32 Å². The molecule has 2 fully saturated rings. The van der Waals surface area contributed by atoms with E-state index >= 15 is 0 Å². The molecule has 0 spiro atoms. The van der Waals surface area contributed by atoms with E-state index in [0.29, 0.717) is 0 Å². The molecule has 0 saturated carbocycles. The van der Waals surface area contributed by atoms with Crippen LogP contribution in [0.5, 0.6) is 0 Å². The molecule has 5 heteroatoms. The Bertz CT molecular complexity index is 362. The van der Waals surface area contributed by atoms with Gasteiger partial charge >= 0.3 is 5.97 Å². The van der Waals surface area contributed by atoms with Gasteiger partial charge in [0.05, 0.1) is 5.92 Å². The highest BCUT2D eigenvalue weighted by atomic mass is 16.6. The summed E-state index contributed by atoms with van der Waals surface area (Å²) >= 11 is 0. The van der Waals surface area contributed by atoms with Crippen LogP contribution in [0.4, 0.5) is 0 Å². The van der Waals surface area contributed by atoms with E-state index in [4.69, 9.17) is 4.74 Å². The quantitative estimate of drug-likeness (QED) is 0.500. The second-order valence-electron chi connectivity index (χ2n) is 4.43. The third-order valence-electron chi connectivity index (χ3n) is 3.08. The first-order chi connectivity index (χ1) is 6.91. The number of ether oxygens (including phenoxy) is 1. The number of ketones is 1. The Morgan fingerprint density at radius 1 is 1.47 bits per heavy atom. The second kappa shape index (κ2) is 2.81. The van der Waals surface area contributed by atoms with Gasteiger partial charge in [-0.1, -0.05) is 13.8 Å². The van der Waals surface area contributed by atoms with Gasteiger partial charge in [-0.2, -0.15) is 0 Å². The molecule has 0 aromatic heterocycles. The molecule has 0 aromatic rings. The fourth-order valence-electron chi connectivity index (χ4n) is 2.16. The van der Waals surface area contributed by atoms with Crippen molar-refractivity contribution in [3.63, 3.8) is 0 Å². The van der Waals surface area contributed by atoms with Crippen molar-refractivity contribution in [2.24, 2.45) is 11.8 Å². The van der Waals surface area contributed by atoms with E-state index in [1.54, 1.807) is 20.8 Å². The summed E-state index contributed by atoms with van der Waals surface area (Å²) in [4.78, 5) is 34.7. The maximum atomic E-state index is 11.9. The van der Waals surface area contributed by atoms with Crippen LogP contribution in [0.25, 0.3) is 0 Å². The van der Waals surface area contributed by atoms with Crippen LogP contribution in [0.3, 0.4) is 0 Å². The molecule has 1 N–H and O–H groups in total. The first-order valence-electron chi connectivity index (χ1n) is 4.98. The number of carbonyl (C=O) groups is 3. The molecule has 2 aliphatic rings. The fourth-order valence-corrected chi connectivity index (χ4v) is 2.16. The molecule has 2 heterocycles. The molecule has 3 unspecified atom stereocenters. The van der Waals surface area contributed by atoms with Gasteiger partial charge in [0.15, 0.2) is 11.9 Å². The predicted octanol–water partition coefficient (Wildman–Crippen LogP) is -0.358. The highest BCUT2D eigenvalue weighted by molar-refractivity contribution is 6.18. The van der Waals surface area contributed by atoms with Crippen LogP contribution in [0.1, 0.15) is 20.8 Å². The smallest absolute Gasteiger partial charge is 0.344 e. The first kappa shape index (κ1) is 10.1. The van der Waals surface area contributed by atoms with Gasteiger partial charge in [0, 0.05) is 5.92 Å². The van der Waals surface area contributed by atoms with Crippen molar-refractivity contribution >= 4 is 17.7 Å². The molecular weight excluding hydrogens is 198 g/mol. The minimum Gasteiger partial charge on any atom is -0.456 e. The lowest BCUT2D eigenvalue weighted by Gasteiger charge is -2.41. The predicted molar refractivity (Wildman–Crippen MR) is 49.8 cm³/mol. The summed E-state index contributed by atoms with van der Waals surface area (Å²) in [6, 6.07) is 0. The van der Waals surface area contributed by atoms with Gasteiger partial charge in [0.2, 0.25) is 11.4 Å². The molecule has 2 aliphatic heterocycles. The molecular formula is C10H13NO4. The molecule has 82 valence electrons. The lowest BCUT2D eigenvalue weighted by molar-refractivity contribution is -0.193. The van der Waals surface area contributed by atoms with Crippen molar-refractivity contribution in [3.05, 3.63) is 0 Å². The van der Waals surface area contributed by atoms with E-state index in [-0.39, 0.29) is 17.6 Å². The number of esters is 1. The van der Waals surface area contributed by atoms with Gasteiger partial charge in [-0.25, -0.2) is 4.79 Å². The zero-order chi connectivity index (χ0) is 11.4. The van der Waals surface area contributed by atoms with Crippen molar-refractivity contribution in [3.8, 4) is 0 Å². The van der Waals surface area contributed by atoms with Crippen LogP contribution < -0.4 is 5.32 Å². The lowest BCUT2D eigenvalue weighted by Crippen LogP contribution is -2.72. The molecule has 2 saturated heterocycles. The third-order valence-corrected chi connectivity index (χ3v) is 3.08. The Hall–Kier alpha value is -1.39. The van der Waals surface area contributed by atoms with Crippen molar-refractivity contribution in [2.45, 2.75) is 32.4 Å². The van der Waals surface area contributed by atoms with Gasteiger partial charge in [-0.3, -0.25) is 9.59 Å². The van der Waals surface area contributed by atoms with Gasteiger partial charge in [-0.15, -0.1) is 0 Å².